The van der Waals surface area contributed by atoms with Crippen LogP contribution in [0.15, 0.2) is 29.0 Å². The van der Waals surface area contributed by atoms with Crippen LogP contribution in [0.5, 0.6) is 0 Å². The number of aromatic nitrogens is 5. The molecular weight excluding hydrogens is 422 g/mol. The molecule has 0 spiro atoms. The van der Waals surface area contributed by atoms with Crippen molar-refractivity contribution in [1.29, 1.82) is 0 Å². The summed E-state index contributed by atoms with van der Waals surface area (Å²) in [5.41, 5.74) is 14.8. The average Bonchev–Trinajstić information content (AvgIpc) is 3.12. The number of nitrogens with zero attached hydrogens (tertiary/aromatic N) is 5. The van der Waals surface area contributed by atoms with Crippen molar-refractivity contribution >= 4 is 49.6 Å². The summed E-state index contributed by atoms with van der Waals surface area (Å²) in [4.78, 5) is 20.2. The number of halogens is 1. The summed E-state index contributed by atoms with van der Waals surface area (Å²) in [6.07, 6.45) is 1.45. The standard InChI is InChI=1S/C19H20BrN7O/c1-19(2,3)27-18-12(16(21)23-8-24-18)14(25-27)15-13(20)10-6-5-9(17(22)28)7-11(10)26(15)4/h5-8H,1-4H3,(H2,22,28)(H2,21,23,24). The van der Waals surface area contributed by atoms with Crippen molar-refractivity contribution in [2.24, 2.45) is 12.8 Å². The maximum absolute atomic E-state index is 11.6. The minimum absolute atomic E-state index is 0.298. The lowest BCUT2D eigenvalue weighted by atomic mass is 10.1. The van der Waals surface area contributed by atoms with Gasteiger partial charge in [0.2, 0.25) is 5.91 Å². The van der Waals surface area contributed by atoms with Gasteiger partial charge in [-0.15, -0.1) is 0 Å². The van der Waals surface area contributed by atoms with E-state index in [0.717, 1.165) is 21.1 Å². The van der Waals surface area contributed by atoms with Gasteiger partial charge in [-0.2, -0.15) is 5.10 Å². The number of nitrogens with two attached hydrogens (primary N) is 2. The van der Waals surface area contributed by atoms with E-state index in [0.29, 0.717) is 28.1 Å². The second-order valence-corrected chi connectivity index (χ2v) is 8.50. The van der Waals surface area contributed by atoms with Crippen LogP contribution in [-0.2, 0) is 12.6 Å². The van der Waals surface area contributed by atoms with Gasteiger partial charge in [0.1, 0.15) is 17.8 Å². The summed E-state index contributed by atoms with van der Waals surface area (Å²) in [5.74, 6) is -0.105. The zero-order valence-corrected chi connectivity index (χ0v) is 17.6. The number of anilines is 1. The molecule has 3 aromatic heterocycles. The number of aryl methyl sites for hydroxylation is 1. The second-order valence-electron chi connectivity index (χ2n) is 7.71. The predicted molar refractivity (Wildman–Crippen MR) is 113 cm³/mol. The first kappa shape index (κ1) is 18.4. The molecule has 0 unspecified atom stereocenters. The van der Waals surface area contributed by atoms with Crippen molar-refractivity contribution in [1.82, 2.24) is 24.3 Å². The molecular formula is C19H20BrN7O. The molecule has 1 amide bonds. The molecule has 0 fully saturated rings. The number of rotatable bonds is 2. The predicted octanol–water partition coefficient (Wildman–Crippen LogP) is 3.18. The number of hydrogen-bond donors (Lipinski definition) is 2. The highest BCUT2D eigenvalue weighted by Gasteiger charge is 2.27. The summed E-state index contributed by atoms with van der Waals surface area (Å²) in [7, 11) is 1.91. The van der Waals surface area contributed by atoms with Crippen LogP contribution in [0.2, 0.25) is 0 Å². The fourth-order valence-electron chi connectivity index (χ4n) is 3.41. The molecule has 0 aliphatic rings. The molecule has 0 aliphatic carbocycles. The lowest BCUT2D eigenvalue weighted by Gasteiger charge is -2.19. The van der Waals surface area contributed by atoms with Gasteiger partial charge in [0.05, 0.1) is 26.6 Å². The molecule has 4 aromatic rings. The minimum Gasteiger partial charge on any atom is -0.383 e. The maximum Gasteiger partial charge on any atom is 0.248 e. The Morgan fingerprint density at radius 2 is 1.93 bits per heavy atom. The van der Waals surface area contributed by atoms with Crippen LogP contribution in [-0.4, -0.2) is 30.2 Å². The highest BCUT2D eigenvalue weighted by molar-refractivity contribution is 9.10. The Balaban J connectivity index is 2.12. The third-order valence-electron chi connectivity index (χ3n) is 4.78. The number of carbonyl (C=O) groups excluding carboxylic acids is 1. The summed E-state index contributed by atoms with van der Waals surface area (Å²) in [6, 6.07) is 5.35. The number of hydrogen-bond acceptors (Lipinski definition) is 5. The Kier molecular flexibility index (Phi) is 3.97. The lowest BCUT2D eigenvalue weighted by Crippen LogP contribution is -2.23. The molecule has 0 bridgehead atoms. The molecule has 9 heteroatoms. The van der Waals surface area contributed by atoms with E-state index in [1.54, 1.807) is 12.1 Å². The maximum atomic E-state index is 11.6. The number of fused-ring (bicyclic) bond motifs is 2. The van der Waals surface area contributed by atoms with Gasteiger partial charge in [0, 0.05) is 18.0 Å². The van der Waals surface area contributed by atoms with E-state index in [2.05, 4.69) is 46.7 Å². The van der Waals surface area contributed by atoms with E-state index in [1.165, 1.54) is 6.33 Å². The van der Waals surface area contributed by atoms with Crippen molar-refractivity contribution in [3.8, 4) is 11.4 Å². The monoisotopic (exact) mass is 441 g/mol. The summed E-state index contributed by atoms with van der Waals surface area (Å²) >= 11 is 3.70. The SMILES string of the molecule is Cn1c(-c2nn(C(C)(C)C)c3ncnc(N)c23)c(Br)c2ccc(C(N)=O)cc21. The largest absolute Gasteiger partial charge is 0.383 e. The van der Waals surface area contributed by atoms with E-state index < -0.39 is 5.91 Å². The summed E-state index contributed by atoms with van der Waals surface area (Å²) in [6.45, 7) is 6.16. The molecule has 4 N–H and O–H groups in total. The van der Waals surface area contributed by atoms with Gasteiger partial charge >= 0.3 is 0 Å². The van der Waals surface area contributed by atoms with Gasteiger partial charge in [0.15, 0.2) is 5.65 Å². The normalized spacial score (nSPS) is 12.2. The van der Waals surface area contributed by atoms with Crippen molar-refractivity contribution in [3.05, 3.63) is 34.6 Å². The van der Waals surface area contributed by atoms with E-state index in [1.807, 2.05) is 22.4 Å². The molecule has 0 radical (unpaired) electrons. The fourth-order valence-corrected chi connectivity index (χ4v) is 4.20. The number of nitrogen functional groups attached to an aromatic ring is 1. The van der Waals surface area contributed by atoms with Crippen LogP contribution in [0.25, 0.3) is 33.3 Å². The third kappa shape index (κ3) is 2.57. The van der Waals surface area contributed by atoms with Crippen molar-refractivity contribution in [3.63, 3.8) is 0 Å². The summed E-state index contributed by atoms with van der Waals surface area (Å²) < 4.78 is 4.67. The molecule has 1 aromatic carbocycles. The second kappa shape index (κ2) is 6.03. The van der Waals surface area contributed by atoms with Gasteiger partial charge in [0.25, 0.3) is 0 Å². The van der Waals surface area contributed by atoms with Crippen LogP contribution in [0.3, 0.4) is 0 Å². The molecule has 144 valence electrons. The zero-order valence-electron chi connectivity index (χ0n) is 16.0. The first-order valence-electron chi connectivity index (χ1n) is 8.69. The Labute approximate surface area is 169 Å². The van der Waals surface area contributed by atoms with Crippen LogP contribution in [0, 0.1) is 0 Å². The van der Waals surface area contributed by atoms with Crippen LogP contribution in [0.4, 0.5) is 5.82 Å². The number of carbonyl (C=O) groups is 1. The highest BCUT2D eigenvalue weighted by Crippen LogP contribution is 2.41. The molecule has 0 saturated carbocycles. The molecule has 0 saturated heterocycles. The van der Waals surface area contributed by atoms with Gasteiger partial charge in [-0.3, -0.25) is 4.79 Å². The molecule has 0 aliphatic heterocycles. The molecule has 3 heterocycles. The number of benzene rings is 1. The zero-order chi connectivity index (χ0) is 20.4. The van der Waals surface area contributed by atoms with Gasteiger partial charge < -0.3 is 16.0 Å². The minimum atomic E-state index is -0.471. The van der Waals surface area contributed by atoms with Crippen LogP contribution >= 0.6 is 15.9 Å². The van der Waals surface area contributed by atoms with Crippen LogP contribution in [0.1, 0.15) is 31.1 Å². The van der Waals surface area contributed by atoms with Crippen molar-refractivity contribution in [2.45, 2.75) is 26.3 Å². The van der Waals surface area contributed by atoms with E-state index in [4.69, 9.17) is 16.6 Å². The van der Waals surface area contributed by atoms with Gasteiger partial charge in [-0.05, 0) is 48.8 Å². The fraction of sp³-hybridized carbons (Fsp3) is 0.263. The van der Waals surface area contributed by atoms with Crippen molar-refractivity contribution < 1.29 is 4.79 Å². The Morgan fingerprint density at radius 1 is 1.21 bits per heavy atom. The molecule has 28 heavy (non-hydrogen) atoms. The van der Waals surface area contributed by atoms with E-state index >= 15 is 0 Å². The first-order valence-corrected chi connectivity index (χ1v) is 9.48. The topological polar surface area (TPSA) is 118 Å². The lowest BCUT2D eigenvalue weighted by molar-refractivity contribution is 0.100. The van der Waals surface area contributed by atoms with Gasteiger partial charge in [-0.25, -0.2) is 14.6 Å². The summed E-state index contributed by atoms with van der Waals surface area (Å²) in [5, 5.41) is 6.49. The number of primary amides is 1. The Hall–Kier alpha value is -2.94. The van der Waals surface area contributed by atoms with Gasteiger partial charge in [-0.1, -0.05) is 6.07 Å². The van der Waals surface area contributed by atoms with Crippen LogP contribution < -0.4 is 11.5 Å². The first-order chi connectivity index (χ1) is 13.1. The van der Waals surface area contributed by atoms with E-state index in [9.17, 15) is 4.79 Å². The van der Waals surface area contributed by atoms with Crippen molar-refractivity contribution in [2.75, 3.05) is 5.73 Å². The smallest absolute Gasteiger partial charge is 0.248 e. The molecule has 8 nitrogen and oxygen atoms in total. The number of amides is 1. The Bertz CT molecular complexity index is 1260. The van der Waals surface area contributed by atoms with E-state index in [-0.39, 0.29) is 5.54 Å². The average molecular weight is 442 g/mol. The molecule has 0 atom stereocenters. The third-order valence-corrected chi connectivity index (χ3v) is 5.58. The Morgan fingerprint density at radius 3 is 2.57 bits per heavy atom. The quantitative estimate of drug-likeness (QED) is 0.495. The molecule has 4 rings (SSSR count). The highest BCUT2D eigenvalue weighted by atomic mass is 79.9.